The quantitative estimate of drug-likeness (QED) is 0.400. The summed E-state index contributed by atoms with van der Waals surface area (Å²) in [5.74, 6) is 0.837. The van der Waals surface area contributed by atoms with Crippen molar-refractivity contribution in [3.8, 4) is 33.9 Å². The number of anilines is 2. The van der Waals surface area contributed by atoms with E-state index in [2.05, 4.69) is 25.3 Å². The zero-order valence-corrected chi connectivity index (χ0v) is 15.1. The fraction of sp³-hybridized carbons (Fsp3) is 0. The van der Waals surface area contributed by atoms with Gasteiger partial charge in [0.05, 0.1) is 21.3 Å². The van der Waals surface area contributed by atoms with Gasteiger partial charge in [-0.15, -0.1) is 0 Å². The van der Waals surface area contributed by atoms with E-state index < -0.39 is 0 Å². The number of pyridine rings is 3. The maximum absolute atomic E-state index is 11.0. The molecule has 0 fully saturated rings. The lowest BCUT2D eigenvalue weighted by Crippen LogP contribution is -2.00. The van der Waals surface area contributed by atoms with Crippen LogP contribution in [0.4, 0.5) is 11.5 Å². The molecule has 0 saturated carbocycles. The van der Waals surface area contributed by atoms with E-state index in [0.717, 1.165) is 16.0 Å². The van der Waals surface area contributed by atoms with Crippen LogP contribution in [0.1, 0.15) is 0 Å². The van der Waals surface area contributed by atoms with Crippen LogP contribution in [0, 0.1) is 0 Å². The van der Waals surface area contributed by atoms with Gasteiger partial charge in [0, 0.05) is 42.1 Å². The van der Waals surface area contributed by atoms with Crippen molar-refractivity contribution in [1.82, 2.24) is 24.7 Å². The molecule has 0 bridgehead atoms. The van der Waals surface area contributed by atoms with E-state index in [1.807, 2.05) is 12.1 Å². The summed E-state index contributed by atoms with van der Waals surface area (Å²) in [6, 6.07) is 5.49. The smallest absolute Gasteiger partial charge is 0.179 e. The number of hydrogen-bond donors (Lipinski definition) is 2. The first-order chi connectivity index (χ1) is 13.1. The fourth-order valence-electron chi connectivity index (χ4n) is 3.14. The Morgan fingerprint density at radius 2 is 1.78 bits per heavy atom. The van der Waals surface area contributed by atoms with E-state index in [0.29, 0.717) is 28.3 Å². The molecule has 1 aliphatic rings. The Labute approximate surface area is 163 Å². The fourth-order valence-corrected chi connectivity index (χ4v) is 3.68. The lowest BCUT2D eigenvalue weighted by Gasteiger charge is -2.10. The predicted molar refractivity (Wildman–Crippen MR) is 102 cm³/mol. The van der Waals surface area contributed by atoms with Gasteiger partial charge < -0.3 is 10.5 Å². The summed E-state index contributed by atoms with van der Waals surface area (Å²) in [5, 5.41) is 14.9. The van der Waals surface area contributed by atoms with Crippen molar-refractivity contribution in [2.24, 2.45) is 0 Å². The Morgan fingerprint density at radius 1 is 0.963 bits per heavy atom. The summed E-state index contributed by atoms with van der Waals surface area (Å²) in [6.45, 7) is 0. The third-order valence-corrected chi connectivity index (χ3v) is 4.90. The van der Waals surface area contributed by atoms with Crippen LogP contribution in [0.5, 0.6) is 0 Å². The van der Waals surface area contributed by atoms with Crippen LogP contribution in [-0.4, -0.2) is 29.9 Å². The van der Waals surface area contributed by atoms with E-state index in [4.69, 9.17) is 23.2 Å². The summed E-state index contributed by atoms with van der Waals surface area (Å²) in [5.41, 5.74) is 3.56. The van der Waals surface area contributed by atoms with Gasteiger partial charge in [-0.05, 0) is 18.2 Å². The summed E-state index contributed by atoms with van der Waals surface area (Å²) < 4.78 is 0.979. The van der Waals surface area contributed by atoms with Gasteiger partial charge in [0.15, 0.2) is 5.82 Å². The molecule has 5 rings (SSSR count). The monoisotopic (exact) mass is 396 g/mol. The first-order valence-electron chi connectivity index (χ1n) is 7.93. The average molecular weight is 397 g/mol. The number of nitrogens with zero attached hydrogens (tertiary/aromatic N) is 5. The first kappa shape index (κ1) is 16.0. The second-order valence-electron chi connectivity index (χ2n) is 5.87. The molecule has 0 amide bonds. The highest BCUT2D eigenvalue weighted by Crippen LogP contribution is 2.45. The van der Waals surface area contributed by atoms with Gasteiger partial charge in [-0.25, -0.2) is 9.97 Å². The van der Waals surface area contributed by atoms with Gasteiger partial charge in [-0.3, -0.25) is 9.97 Å². The largest absolute Gasteiger partial charge is 0.426 e. The van der Waals surface area contributed by atoms with Crippen molar-refractivity contribution in [1.29, 1.82) is 0 Å². The van der Waals surface area contributed by atoms with Crippen LogP contribution < -0.4 is 5.32 Å². The van der Waals surface area contributed by atoms with E-state index >= 15 is 0 Å². The summed E-state index contributed by atoms with van der Waals surface area (Å²) in [7, 11) is 0. The highest BCUT2D eigenvalue weighted by Gasteiger charge is 2.29. The second kappa shape index (κ2) is 5.94. The zero-order valence-electron chi connectivity index (χ0n) is 13.6. The standard InChI is InChI=1S/C18H10Cl2N6O/c19-11-7-22-8-12(20)14(11)18-25-15-9-2-1-4-23-17(9)24-13-3-5-21-6-10(13)16(15)26(18)27/h1-8,27H,(H,23,24). The van der Waals surface area contributed by atoms with Gasteiger partial charge >= 0.3 is 0 Å². The van der Waals surface area contributed by atoms with Crippen molar-refractivity contribution >= 4 is 34.7 Å². The Bertz CT molecular complexity index is 1190. The Kier molecular flexibility index (Phi) is 3.53. The van der Waals surface area contributed by atoms with Crippen molar-refractivity contribution in [2.45, 2.75) is 0 Å². The molecule has 0 unspecified atom stereocenters. The molecule has 4 aromatic heterocycles. The van der Waals surface area contributed by atoms with Gasteiger partial charge in [0.1, 0.15) is 17.2 Å². The molecule has 0 radical (unpaired) electrons. The summed E-state index contributed by atoms with van der Waals surface area (Å²) >= 11 is 12.6. The number of rotatable bonds is 1. The molecule has 2 N–H and O–H groups in total. The minimum Gasteiger partial charge on any atom is -0.426 e. The van der Waals surface area contributed by atoms with Crippen LogP contribution in [0.2, 0.25) is 10.0 Å². The number of halogens is 2. The minimum atomic E-state index is 0.212. The maximum Gasteiger partial charge on any atom is 0.179 e. The van der Waals surface area contributed by atoms with E-state index in [9.17, 15) is 5.21 Å². The molecule has 132 valence electrons. The second-order valence-corrected chi connectivity index (χ2v) is 6.68. The van der Waals surface area contributed by atoms with Crippen LogP contribution in [0.15, 0.2) is 49.2 Å². The average Bonchev–Trinajstić information content (AvgIpc) is 2.92. The SMILES string of the molecule is On1c(-c2c(Cl)cncc2Cl)nc2c1-c1cnccc1Nc1ncccc1-2. The topological polar surface area (TPSA) is 88.8 Å². The van der Waals surface area contributed by atoms with Gasteiger partial charge in [0.25, 0.3) is 0 Å². The van der Waals surface area contributed by atoms with E-state index in [1.54, 1.807) is 24.7 Å². The minimum absolute atomic E-state index is 0.212. The molecule has 0 saturated heterocycles. The molecule has 1 aliphatic heterocycles. The lowest BCUT2D eigenvalue weighted by molar-refractivity contribution is 0.195. The molecule has 0 aliphatic carbocycles. The summed E-state index contributed by atoms with van der Waals surface area (Å²) in [4.78, 5) is 17.2. The van der Waals surface area contributed by atoms with E-state index in [1.165, 1.54) is 12.4 Å². The van der Waals surface area contributed by atoms with Crippen molar-refractivity contribution in [3.05, 3.63) is 59.2 Å². The molecule has 4 aromatic rings. The van der Waals surface area contributed by atoms with Crippen molar-refractivity contribution in [3.63, 3.8) is 0 Å². The normalized spacial score (nSPS) is 11.8. The number of nitrogens with one attached hydrogen (secondary N) is 1. The van der Waals surface area contributed by atoms with Crippen LogP contribution in [-0.2, 0) is 0 Å². The van der Waals surface area contributed by atoms with Crippen molar-refractivity contribution < 1.29 is 5.21 Å². The van der Waals surface area contributed by atoms with Gasteiger partial charge in [-0.1, -0.05) is 23.2 Å². The number of fused-ring (bicyclic) bond motifs is 5. The lowest BCUT2D eigenvalue weighted by atomic mass is 10.1. The van der Waals surface area contributed by atoms with Crippen LogP contribution in [0.25, 0.3) is 33.9 Å². The molecular formula is C18H10Cl2N6O. The highest BCUT2D eigenvalue weighted by molar-refractivity contribution is 6.38. The molecule has 27 heavy (non-hydrogen) atoms. The molecular weight excluding hydrogens is 387 g/mol. The summed E-state index contributed by atoms with van der Waals surface area (Å²) in [6.07, 6.45) is 7.91. The van der Waals surface area contributed by atoms with Crippen LogP contribution >= 0.6 is 23.2 Å². The molecule has 5 heterocycles. The number of aromatic nitrogens is 5. The predicted octanol–water partition coefficient (Wildman–Crippen LogP) is 4.67. The van der Waals surface area contributed by atoms with Gasteiger partial charge in [-0.2, -0.15) is 4.73 Å². The van der Waals surface area contributed by atoms with Gasteiger partial charge in [0.2, 0.25) is 0 Å². The highest BCUT2D eigenvalue weighted by atomic mass is 35.5. The Hall–Kier alpha value is -3.16. The van der Waals surface area contributed by atoms with Crippen molar-refractivity contribution in [2.75, 3.05) is 5.32 Å². The molecule has 0 aromatic carbocycles. The molecule has 0 spiro atoms. The molecule has 0 atom stereocenters. The van der Waals surface area contributed by atoms with Crippen LogP contribution in [0.3, 0.4) is 0 Å². The molecule has 7 nitrogen and oxygen atoms in total. The first-order valence-corrected chi connectivity index (χ1v) is 8.69. The Balaban J connectivity index is 1.89. The third kappa shape index (κ3) is 2.36. The third-order valence-electron chi connectivity index (χ3n) is 4.32. The van der Waals surface area contributed by atoms with E-state index in [-0.39, 0.29) is 15.9 Å². The zero-order chi connectivity index (χ0) is 18.5. The molecule has 9 heteroatoms. The number of hydrogen-bond acceptors (Lipinski definition) is 6. The Morgan fingerprint density at radius 3 is 2.59 bits per heavy atom. The maximum atomic E-state index is 11.0. The number of imidazole rings is 1.